The van der Waals surface area contributed by atoms with Crippen molar-refractivity contribution in [2.45, 2.75) is 31.6 Å². The van der Waals surface area contributed by atoms with E-state index >= 15 is 0 Å². The Bertz CT molecular complexity index is 1190. The molecule has 0 N–H and O–H groups in total. The van der Waals surface area contributed by atoms with Gasteiger partial charge >= 0.3 is 0 Å². The third-order valence-corrected chi connectivity index (χ3v) is 7.54. The molecule has 1 aromatic heterocycles. The van der Waals surface area contributed by atoms with E-state index in [0.717, 1.165) is 27.3 Å². The topological polar surface area (TPSA) is 54.7 Å². The van der Waals surface area contributed by atoms with E-state index in [-0.39, 0.29) is 17.0 Å². The van der Waals surface area contributed by atoms with Crippen LogP contribution in [0, 0.1) is 6.92 Å². The minimum atomic E-state index is -3.49. The molecule has 0 saturated heterocycles. The third-order valence-electron chi connectivity index (χ3n) is 4.83. The van der Waals surface area contributed by atoms with Crippen molar-refractivity contribution >= 4 is 44.0 Å². The van der Waals surface area contributed by atoms with E-state index in [4.69, 9.17) is 4.99 Å². The number of sulfonamides is 1. The lowest BCUT2D eigenvalue weighted by Gasteiger charge is -2.13. The highest BCUT2D eigenvalue weighted by Crippen LogP contribution is 2.26. The van der Waals surface area contributed by atoms with Crippen LogP contribution in [0.1, 0.15) is 30.9 Å². The van der Waals surface area contributed by atoms with Crippen LogP contribution >= 0.6 is 28.3 Å². The van der Waals surface area contributed by atoms with Gasteiger partial charge in [0.1, 0.15) is 0 Å². The molecule has 1 heterocycles. The van der Waals surface area contributed by atoms with E-state index in [0.29, 0.717) is 10.8 Å². The minimum absolute atomic E-state index is 0. The predicted octanol–water partition coefficient (Wildman–Crippen LogP) is 5.25. The summed E-state index contributed by atoms with van der Waals surface area (Å²) in [6, 6.07) is 13.7. The van der Waals surface area contributed by atoms with Crippen molar-refractivity contribution in [2.75, 3.05) is 14.1 Å². The van der Waals surface area contributed by atoms with Gasteiger partial charge in [-0.15, -0.1) is 28.3 Å². The quantitative estimate of drug-likeness (QED) is 0.471. The minimum Gasteiger partial charge on any atom is -0.320 e. The van der Waals surface area contributed by atoms with Crippen molar-refractivity contribution < 1.29 is 8.42 Å². The highest BCUT2D eigenvalue weighted by molar-refractivity contribution is 8.93. The average Bonchev–Trinajstić information content (AvgIpc) is 3.02. The van der Waals surface area contributed by atoms with Gasteiger partial charge in [0.15, 0.2) is 4.80 Å². The maximum absolute atomic E-state index is 12.6. The molecule has 5 nitrogen and oxygen atoms in total. The fraction of sp³-hybridized carbons (Fsp3) is 0.318. The lowest BCUT2D eigenvalue weighted by atomic mass is 10.0. The molecule has 0 bridgehead atoms. The number of nitrogens with zero attached hydrogens (tertiary/aromatic N) is 3. The van der Waals surface area contributed by atoms with Gasteiger partial charge in [-0.3, -0.25) is 0 Å². The van der Waals surface area contributed by atoms with Crippen LogP contribution in [-0.4, -0.2) is 31.4 Å². The Labute approximate surface area is 193 Å². The third kappa shape index (κ3) is 5.11. The van der Waals surface area contributed by atoms with E-state index in [1.807, 2.05) is 42.1 Å². The molecule has 0 spiro atoms. The standard InChI is InChI=1S/C22H27N3O2S2.BrH/c1-15(2)17-7-9-19(10-8-17)23-22-25(6)21(14-28-22)18-11-16(3)12-20(13-18)29(26,27)24(4)5;/h7-15H,1-6H3;1H. The van der Waals surface area contributed by atoms with Gasteiger partial charge < -0.3 is 4.57 Å². The van der Waals surface area contributed by atoms with Crippen molar-refractivity contribution in [2.24, 2.45) is 12.0 Å². The highest BCUT2D eigenvalue weighted by atomic mass is 79.9. The van der Waals surface area contributed by atoms with Crippen molar-refractivity contribution in [1.82, 2.24) is 8.87 Å². The summed E-state index contributed by atoms with van der Waals surface area (Å²) in [5, 5.41) is 2.02. The molecular formula is C22H28BrN3O2S2. The molecule has 0 aliphatic rings. The van der Waals surface area contributed by atoms with Gasteiger partial charge in [-0.25, -0.2) is 17.7 Å². The molecule has 0 radical (unpaired) electrons. The van der Waals surface area contributed by atoms with Crippen LogP contribution in [0.3, 0.4) is 0 Å². The molecule has 0 aliphatic carbocycles. The van der Waals surface area contributed by atoms with Gasteiger partial charge in [-0.1, -0.05) is 26.0 Å². The summed E-state index contributed by atoms with van der Waals surface area (Å²) in [6.45, 7) is 6.25. The van der Waals surface area contributed by atoms with Crippen LogP contribution < -0.4 is 4.80 Å². The zero-order chi connectivity index (χ0) is 21.3. The van der Waals surface area contributed by atoms with Crippen molar-refractivity contribution in [3.8, 4) is 11.3 Å². The molecule has 0 fully saturated rings. The van der Waals surface area contributed by atoms with Gasteiger partial charge in [-0.2, -0.15) is 0 Å². The highest BCUT2D eigenvalue weighted by Gasteiger charge is 2.19. The number of benzene rings is 2. The lowest BCUT2D eigenvalue weighted by molar-refractivity contribution is 0.520. The van der Waals surface area contributed by atoms with Crippen LogP contribution in [-0.2, 0) is 17.1 Å². The Morgan fingerprint density at radius 3 is 2.27 bits per heavy atom. The largest absolute Gasteiger partial charge is 0.320 e. The van der Waals surface area contributed by atoms with Gasteiger partial charge in [0.2, 0.25) is 10.0 Å². The zero-order valence-corrected chi connectivity index (χ0v) is 21.4. The van der Waals surface area contributed by atoms with Crippen LogP contribution in [0.4, 0.5) is 5.69 Å². The molecule has 2 aromatic carbocycles. The van der Waals surface area contributed by atoms with Crippen molar-refractivity contribution in [1.29, 1.82) is 0 Å². The number of aromatic nitrogens is 1. The maximum Gasteiger partial charge on any atom is 0.242 e. The summed E-state index contributed by atoms with van der Waals surface area (Å²) in [6.07, 6.45) is 0. The second-order valence-electron chi connectivity index (χ2n) is 7.64. The Balaban J connectivity index is 0.00000320. The molecule has 162 valence electrons. The van der Waals surface area contributed by atoms with E-state index in [9.17, 15) is 8.42 Å². The fourth-order valence-electron chi connectivity index (χ4n) is 3.03. The molecule has 0 amide bonds. The SMILES string of the molecule is Br.Cc1cc(-c2csc(=Nc3ccc(C(C)C)cc3)n2C)cc(S(=O)(=O)N(C)C)c1. The summed E-state index contributed by atoms with van der Waals surface area (Å²) < 4.78 is 28.4. The molecular weight excluding hydrogens is 482 g/mol. The van der Waals surface area contributed by atoms with Crippen LogP contribution in [0.2, 0.25) is 0 Å². The molecule has 0 atom stereocenters. The first-order valence-corrected chi connectivity index (χ1v) is 11.8. The van der Waals surface area contributed by atoms with Gasteiger partial charge in [0, 0.05) is 32.1 Å². The van der Waals surface area contributed by atoms with Crippen LogP contribution in [0.25, 0.3) is 11.3 Å². The summed E-state index contributed by atoms with van der Waals surface area (Å²) in [5.74, 6) is 0.488. The summed E-state index contributed by atoms with van der Waals surface area (Å²) >= 11 is 1.54. The van der Waals surface area contributed by atoms with E-state index < -0.39 is 10.0 Å². The summed E-state index contributed by atoms with van der Waals surface area (Å²) in [4.78, 5) is 5.92. The second-order valence-corrected chi connectivity index (χ2v) is 10.6. The van der Waals surface area contributed by atoms with Crippen LogP contribution in [0.15, 0.2) is 57.7 Å². The smallest absolute Gasteiger partial charge is 0.242 e. The molecule has 8 heteroatoms. The monoisotopic (exact) mass is 509 g/mol. The molecule has 3 rings (SSSR count). The lowest BCUT2D eigenvalue weighted by Crippen LogP contribution is -2.22. The molecule has 0 saturated carbocycles. The van der Waals surface area contributed by atoms with Crippen molar-refractivity contribution in [3.63, 3.8) is 0 Å². The number of rotatable bonds is 5. The Kier molecular flexibility index (Phi) is 7.85. The van der Waals surface area contributed by atoms with E-state index in [1.165, 1.54) is 21.2 Å². The Hall–Kier alpha value is -1.74. The predicted molar refractivity (Wildman–Crippen MR) is 130 cm³/mol. The van der Waals surface area contributed by atoms with Gasteiger partial charge in [-0.05, 0) is 54.3 Å². The normalized spacial score (nSPS) is 12.5. The molecule has 0 aliphatic heterocycles. The number of hydrogen-bond donors (Lipinski definition) is 0. The number of hydrogen-bond acceptors (Lipinski definition) is 4. The maximum atomic E-state index is 12.6. The van der Waals surface area contributed by atoms with Gasteiger partial charge in [0.05, 0.1) is 16.3 Å². The Morgan fingerprint density at radius 2 is 1.70 bits per heavy atom. The molecule has 0 unspecified atom stereocenters. The first-order chi connectivity index (χ1) is 13.6. The van der Waals surface area contributed by atoms with E-state index in [2.05, 4.69) is 26.0 Å². The van der Waals surface area contributed by atoms with Gasteiger partial charge in [0.25, 0.3) is 0 Å². The number of halogens is 1. The first kappa shape index (κ1) is 24.5. The summed E-state index contributed by atoms with van der Waals surface area (Å²) in [5.41, 5.74) is 4.89. The van der Waals surface area contributed by atoms with Crippen LogP contribution in [0.5, 0.6) is 0 Å². The number of aryl methyl sites for hydroxylation is 1. The molecule has 3 aromatic rings. The fourth-order valence-corrected chi connectivity index (χ4v) is 4.99. The summed E-state index contributed by atoms with van der Waals surface area (Å²) in [7, 11) is 1.55. The number of thiazole rings is 1. The second kappa shape index (κ2) is 9.60. The zero-order valence-electron chi connectivity index (χ0n) is 18.1. The first-order valence-electron chi connectivity index (χ1n) is 9.43. The average molecular weight is 511 g/mol. The van der Waals surface area contributed by atoms with Crippen molar-refractivity contribution in [3.05, 3.63) is 63.8 Å². The Morgan fingerprint density at radius 1 is 1.07 bits per heavy atom. The van der Waals surface area contributed by atoms with E-state index in [1.54, 1.807) is 26.2 Å². The molecule has 30 heavy (non-hydrogen) atoms.